The second kappa shape index (κ2) is 9.48. The Labute approximate surface area is 183 Å². The number of hydrogen-bond donors (Lipinski definition) is 1. The number of hydrogen-bond acceptors (Lipinski definition) is 6. The van der Waals surface area contributed by atoms with E-state index in [1.54, 1.807) is 19.2 Å². The predicted molar refractivity (Wildman–Crippen MR) is 116 cm³/mol. The van der Waals surface area contributed by atoms with Crippen LogP contribution in [0.15, 0.2) is 42.6 Å². The summed E-state index contributed by atoms with van der Waals surface area (Å²) in [6.07, 6.45) is 1.58. The zero-order valence-electron chi connectivity index (χ0n) is 17.2. The van der Waals surface area contributed by atoms with Crippen LogP contribution in [0, 0.1) is 24.0 Å². The van der Waals surface area contributed by atoms with Crippen molar-refractivity contribution in [2.24, 2.45) is 0 Å². The molecule has 1 aromatic heterocycles. The second-order valence-electron chi connectivity index (χ2n) is 6.71. The summed E-state index contributed by atoms with van der Waals surface area (Å²) in [7, 11) is 0. The van der Waals surface area contributed by atoms with E-state index >= 15 is 0 Å². The molecule has 10 heteroatoms. The first-order valence-corrected chi connectivity index (χ1v) is 9.82. The van der Waals surface area contributed by atoms with Crippen molar-refractivity contribution in [3.8, 4) is 11.5 Å². The smallest absolute Gasteiger partial charge is 0.296 e. The normalized spacial score (nSPS) is 10.6. The van der Waals surface area contributed by atoms with Gasteiger partial charge in [0.15, 0.2) is 12.4 Å². The highest BCUT2D eigenvalue weighted by molar-refractivity contribution is 6.32. The van der Waals surface area contributed by atoms with Gasteiger partial charge in [0.1, 0.15) is 17.2 Å². The van der Waals surface area contributed by atoms with Crippen LogP contribution in [0.4, 0.5) is 11.4 Å². The zero-order valence-corrected chi connectivity index (χ0v) is 18.0. The van der Waals surface area contributed by atoms with Crippen LogP contribution < -0.4 is 14.8 Å². The number of anilines is 1. The zero-order chi connectivity index (χ0) is 22.5. The molecule has 3 rings (SSSR count). The maximum absolute atomic E-state index is 12.5. The molecule has 0 saturated heterocycles. The van der Waals surface area contributed by atoms with Gasteiger partial charge in [-0.3, -0.25) is 14.9 Å². The minimum atomic E-state index is -0.583. The SMILES string of the molecule is CCOc1ccc(NC(=O)c2ccn(COc3cc(C)c(Cl)c(C)c3)n2)c([N+](=O)[O-])c1. The molecule has 0 aliphatic heterocycles. The Balaban J connectivity index is 1.69. The lowest BCUT2D eigenvalue weighted by Crippen LogP contribution is -2.15. The van der Waals surface area contributed by atoms with E-state index in [4.69, 9.17) is 21.1 Å². The third-order valence-electron chi connectivity index (χ3n) is 4.37. The summed E-state index contributed by atoms with van der Waals surface area (Å²) in [6.45, 7) is 6.00. The Hall–Kier alpha value is -3.59. The minimum Gasteiger partial charge on any atom is -0.494 e. The summed E-state index contributed by atoms with van der Waals surface area (Å²) in [5.74, 6) is 0.399. The lowest BCUT2D eigenvalue weighted by molar-refractivity contribution is -0.384. The topological polar surface area (TPSA) is 109 Å². The molecule has 0 spiro atoms. The number of nitro groups is 1. The third kappa shape index (κ3) is 5.32. The van der Waals surface area contributed by atoms with E-state index in [0.717, 1.165) is 11.1 Å². The maximum Gasteiger partial charge on any atom is 0.296 e. The van der Waals surface area contributed by atoms with Gasteiger partial charge in [-0.15, -0.1) is 0 Å². The third-order valence-corrected chi connectivity index (χ3v) is 4.97. The average molecular weight is 445 g/mol. The van der Waals surface area contributed by atoms with Gasteiger partial charge >= 0.3 is 0 Å². The molecule has 31 heavy (non-hydrogen) atoms. The van der Waals surface area contributed by atoms with Gasteiger partial charge in [0.25, 0.3) is 11.6 Å². The van der Waals surface area contributed by atoms with Crippen LogP contribution in [-0.2, 0) is 6.73 Å². The van der Waals surface area contributed by atoms with E-state index in [2.05, 4.69) is 10.4 Å². The predicted octanol–water partition coefficient (Wildman–Crippen LogP) is 4.75. The van der Waals surface area contributed by atoms with Gasteiger partial charge in [0, 0.05) is 11.2 Å². The Kier molecular flexibility index (Phi) is 6.76. The molecule has 0 unspecified atom stereocenters. The summed E-state index contributed by atoms with van der Waals surface area (Å²) >= 11 is 6.16. The van der Waals surface area contributed by atoms with Crippen LogP contribution >= 0.6 is 11.6 Å². The number of carbonyl (C=O) groups excluding carboxylic acids is 1. The molecule has 0 fully saturated rings. The van der Waals surface area contributed by atoms with Crippen LogP contribution in [0.5, 0.6) is 11.5 Å². The number of halogens is 1. The average Bonchev–Trinajstić information content (AvgIpc) is 3.20. The number of carbonyl (C=O) groups is 1. The molecule has 1 amide bonds. The summed E-state index contributed by atoms with van der Waals surface area (Å²) in [4.78, 5) is 23.3. The van der Waals surface area contributed by atoms with E-state index in [1.807, 2.05) is 26.0 Å². The van der Waals surface area contributed by atoms with Gasteiger partial charge in [0.2, 0.25) is 0 Å². The van der Waals surface area contributed by atoms with E-state index in [0.29, 0.717) is 23.1 Å². The largest absolute Gasteiger partial charge is 0.494 e. The lowest BCUT2D eigenvalue weighted by Gasteiger charge is -2.10. The molecule has 0 aliphatic carbocycles. The van der Waals surface area contributed by atoms with Crippen molar-refractivity contribution in [2.45, 2.75) is 27.5 Å². The van der Waals surface area contributed by atoms with Crippen LogP contribution in [0.1, 0.15) is 28.5 Å². The molecule has 1 heterocycles. The molecule has 9 nitrogen and oxygen atoms in total. The Bertz CT molecular complexity index is 1110. The first kappa shape index (κ1) is 22.1. The Morgan fingerprint density at radius 3 is 2.52 bits per heavy atom. The van der Waals surface area contributed by atoms with Crippen LogP contribution in [0.3, 0.4) is 0 Å². The van der Waals surface area contributed by atoms with Crippen molar-refractivity contribution >= 4 is 28.9 Å². The molecule has 3 aromatic rings. The number of aryl methyl sites for hydroxylation is 2. The molecule has 0 aliphatic rings. The number of rotatable bonds is 8. The molecule has 0 atom stereocenters. The number of aromatic nitrogens is 2. The number of nitrogens with one attached hydrogen (secondary N) is 1. The van der Waals surface area contributed by atoms with Gasteiger partial charge in [0.05, 0.1) is 17.6 Å². The van der Waals surface area contributed by atoms with Gasteiger partial charge < -0.3 is 14.8 Å². The number of benzene rings is 2. The van der Waals surface area contributed by atoms with E-state index in [1.165, 1.54) is 22.9 Å². The summed E-state index contributed by atoms with van der Waals surface area (Å²) in [6, 6.07) is 9.37. The standard InChI is InChI=1S/C21H21ClN4O5/c1-4-30-15-5-6-17(19(11-15)26(28)29)23-21(27)18-7-8-25(24-18)12-31-16-9-13(2)20(22)14(3)10-16/h5-11H,4,12H2,1-3H3,(H,23,27). The number of ether oxygens (including phenoxy) is 2. The van der Waals surface area contributed by atoms with Gasteiger partial charge in [-0.1, -0.05) is 11.6 Å². The van der Waals surface area contributed by atoms with Gasteiger partial charge in [-0.05, 0) is 62.2 Å². The quantitative estimate of drug-likeness (QED) is 0.396. The monoisotopic (exact) mass is 444 g/mol. The number of amides is 1. The fraction of sp³-hybridized carbons (Fsp3) is 0.238. The maximum atomic E-state index is 12.5. The highest BCUT2D eigenvalue weighted by atomic mass is 35.5. The van der Waals surface area contributed by atoms with Crippen molar-refractivity contribution in [3.05, 3.63) is 74.6 Å². The Morgan fingerprint density at radius 2 is 1.87 bits per heavy atom. The van der Waals surface area contributed by atoms with Crippen molar-refractivity contribution in [1.82, 2.24) is 9.78 Å². The van der Waals surface area contributed by atoms with Gasteiger partial charge in [-0.25, -0.2) is 4.68 Å². The minimum absolute atomic E-state index is 0.0522. The molecule has 2 aromatic carbocycles. The molecular formula is C21H21ClN4O5. The molecule has 0 radical (unpaired) electrons. The number of nitrogens with zero attached hydrogens (tertiary/aromatic N) is 3. The molecule has 1 N–H and O–H groups in total. The first-order valence-electron chi connectivity index (χ1n) is 9.44. The molecule has 162 valence electrons. The number of nitro benzene ring substituents is 1. The van der Waals surface area contributed by atoms with Crippen molar-refractivity contribution in [1.29, 1.82) is 0 Å². The van der Waals surface area contributed by atoms with E-state index < -0.39 is 10.8 Å². The lowest BCUT2D eigenvalue weighted by atomic mass is 10.1. The molecular weight excluding hydrogens is 424 g/mol. The highest BCUT2D eigenvalue weighted by Gasteiger charge is 2.19. The second-order valence-corrected chi connectivity index (χ2v) is 7.09. The summed E-state index contributed by atoms with van der Waals surface area (Å²) < 4.78 is 12.4. The van der Waals surface area contributed by atoms with Crippen molar-refractivity contribution < 1.29 is 19.2 Å². The van der Waals surface area contributed by atoms with E-state index in [9.17, 15) is 14.9 Å². The fourth-order valence-corrected chi connectivity index (χ4v) is 3.00. The van der Waals surface area contributed by atoms with Crippen LogP contribution in [0.2, 0.25) is 5.02 Å². The van der Waals surface area contributed by atoms with Crippen molar-refractivity contribution in [2.75, 3.05) is 11.9 Å². The summed E-state index contributed by atoms with van der Waals surface area (Å²) in [5.41, 5.74) is 1.67. The molecule has 0 saturated carbocycles. The van der Waals surface area contributed by atoms with Crippen molar-refractivity contribution in [3.63, 3.8) is 0 Å². The summed E-state index contributed by atoms with van der Waals surface area (Å²) in [5, 5.41) is 18.7. The highest BCUT2D eigenvalue weighted by Crippen LogP contribution is 2.29. The fourth-order valence-electron chi connectivity index (χ4n) is 2.90. The molecule has 0 bridgehead atoms. The van der Waals surface area contributed by atoms with E-state index in [-0.39, 0.29) is 23.8 Å². The Morgan fingerprint density at radius 1 is 1.16 bits per heavy atom. The van der Waals surface area contributed by atoms with Crippen LogP contribution in [0.25, 0.3) is 0 Å². The van der Waals surface area contributed by atoms with Gasteiger partial charge in [-0.2, -0.15) is 5.10 Å². The van der Waals surface area contributed by atoms with Crippen LogP contribution in [-0.4, -0.2) is 27.2 Å². The first-order chi connectivity index (χ1) is 14.8.